The normalized spacial score (nSPS) is 11.2. The standard InChI is InChI=1S/C22H22N4O5/c1-4-30-22(29)14-7-5-6-13(10-14)15-8-9-16(31-15)19(17-11(2)23-25-20(17)27)18-12(3)24-26-21(18)28/h5-10,19H,4H2,1-3H3,(H2,23,25,27)(H2,24,26,28). The van der Waals surface area contributed by atoms with Gasteiger partial charge in [0.15, 0.2) is 0 Å². The van der Waals surface area contributed by atoms with Crippen LogP contribution in [-0.4, -0.2) is 33.0 Å². The molecule has 0 aliphatic heterocycles. The first-order valence-corrected chi connectivity index (χ1v) is 9.82. The molecule has 0 aliphatic carbocycles. The zero-order valence-electron chi connectivity index (χ0n) is 17.3. The van der Waals surface area contributed by atoms with E-state index < -0.39 is 11.9 Å². The number of H-pyrrole nitrogens is 4. The van der Waals surface area contributed by atoms with Crippen LogP contribution < -0.4 is 11.1 Å². The minimum absolute atomic E-state index is 0.283. The molecule has 1 aromatic carbocycles. The fourth-order valence-corrected chi connectivity index (χ4v) is 3.71. The summed E-state index contributed by atoms with van der Waals surface area (Å²) in [4.78, 5) is 37.1. The van der Waals surface area contributed by atoms with Gasteiger partial charge in [0, 0.05) is 17.0 Å². The molecule has 9 heteroatoms. The third-order valence-electron chi connectivity index (χ3n) is 5.17. The topological polar surface area (TPSA) is 137 Å². The molecule has 0 spiro atoms. The van der Waals surface area contributed by atoms with Gasteiger partial charge in [-0.15, -0.1) is 0 Å². The summed E-state index contributed by atoms with van der Waals surface area (Å²) in [5.74, 6) is -0.205. The lowest BCUT2D eigenvalue weighted by Gasteiger charge is -2.12. The van der Waals surface area contributed by atoms with Gasteiger partial charge in [0.1, 0.15) is 11.5 Å². The van der Waals surface area contributed by atoms with Crippen molar-refractivity contribution in [3.8, 4) is 11.3 Å². The molecule has 0 aliphatic rings. The predicted octanol–water partition coefficient (Wildman–Crippen LogP) is 2.95. The number of aromatic amines is 4. The van der Waals surface area contributed by atoms with E-state index in [9.17, 15) is 14.4 Å². The Morgan fingerprint density at radius 3 is 2.16 bits per heavy atom. The Morgan fingerprint density at radius 2 is 1.61 bits per heavy atom. The second kappa shape index (κ2) is 8.02. The predicted molar refractivity (Wildman–Crippen MR) is 113 cm³/mol. The first-order valence-electron chi connectivity index (χ1n) is 9.82. The molecule has 0 fully saturated rings. The summed E-state index contributed by atoms with van der Waals surface area (Å²) < 4.78 is 11.2. The highest BCUT2D eigenvalue weighted by Gasteiger charge is 2.30. The number of carbonyl (C=O) groups excluding carboxylic acids is 1. The summed E-state index contributed by atoms with van der Waals surface area (Å²) in [5, 5.41) is 10.7. The Labute approximate surface area is 176 Å². The maximum absolute atomic E-state index is 12.5. The van der Waals surface area contributed by atoms with Crippen LogP contribution in [0.2, 0.25) is 0 Å². The highest BCUT2D eigenvalue weighted by atomic mass is 16.5. The monoisotopic (exact) mass is 422 g/mol. The van der Waals surface area contributed by atoms with Crippen LogP contribution in [0.3, 0.4) is 0 Å². The summed E-state index contributed by atoms with van der Waals surface area (Å²) in [5.41, 5.74) is 2.44. The number of hydrogen-bond donors (Lipinski definition) is 4. The number of benzene rings is 1. The molecule has 0 amide bonds. The van der Waals surface area contributed by atoms with Crippen molar-refractivity contribution in [2.45, 2.75) is 26.7 Å². The molecule has 3 heterocycles. The van der Waals surface area contributed by atoms with Gasteiger partial charge in [-0.3, -0.25) is 19.8 Å². The third kappa shape index (κ3) is 3.65. The molecule has 0 radical (unpaired) electrons. The first kappa shape index (κ1) is 20.3. The third-order valence-corrected chi connectivity index (χ3v) is 5.17. The summed E-state index contributed by atoms with van der Waals surface area (Å²) in [7, 11) is 0. The minimum atomic E-state index is -0.716. The molecule has 0 atom stereocenters. The number of rotatable bonds is 6. The van der Waals surface area contributed by atoms with Crippen LogP contribution in [0.15, 0.2) is 50.4 Å². The summed E-state index contributed by atoms with van der Waals surface area (Å²) in [6.07, 6.45) is 0. The van der Waals surface area contributed by atoms with E-state index in [1.807, 2.05) is 6.07 Å². The van der Waals surface area contributed by atoms with Gasteiger partial charge in [0.05, 0.1) is 29.2 Å². The molecule has 4 aromatic rings. The van der Waals surface area contributed by atoms with Gasteiger partial charge >= 0.3 is 5.97 Å². The van der Waals surface area contributed by atoms with Crippen LogP contribution in [0, 0.1) is 13.8 Å². The smallest absolute Gasteiger partial charge is 0.338 e. The van der Waals surface area contributed by atoms with Gasteiger partial charge in [0.25, 0.3) is 11.1 Å². The van der Waals surface area contributed by atoms with Gasteiger partial charge in [-0.2, -0.15) is 0 Å². The van der Waals surface area contributed by atoms with Crippen molar-refractivity contribution >= 4 is 5.97 Å². The molecule has 0 bridgehead atoms. The lowest BCUT2D eigenvalue weighted by molar-refractivity contribution is 0.0526. The maximum atomic E-state index is 12.5. The Bertz CT molecular complexity index is 1300. The summed E-state index contributed by atoms with van der Waals surface area (Å²) in [6, 6.07) is 10.4. The van der Waals surface area contributed by atoms with Crippen molar-refractivity contribution < 1.29 is 13.9 Å². The summed E-state index contributed by atoms with van der Waals surface area (Å²) >= 11 is 0. The van der Waals surface area contributed by atoms with Crippen molar-refractivity contribution in [3.05, 3.63) is 90.9 Å². The van der Waals surface area contributed by atoms with Gasteiger partial charge in [-0.25, -0.2) is 4.79 Å². The Balaban J connectivity index is 1.82. The molecule has 0 saturated heterocycles. The number of esters is 1. The van der Waals surface area contributed by atoms with Crippen molar-refractivity contribution in [1.82, 2.24) is 20.4 Å². The fourth-order valence-electron chi connectivity index (χ4n) is 3.71. The quantitative estimate of drug-likeness (QED) is 0.354. The molecular formula is C22H22N4O5. The van der Waals surface area contributed by atoms with Crippen LogP contribution in [0.25, 0.3) is 11.3 Å². The number of nitrogens with one attached hydrogen (secondary N) is 4. The molecule has 9 nitrogen and oxygen atoms in total. The Kier molecular flexibility index (Phi) is 5.24. The van der Waals surface area contributed by atoms with E-state index in [-0.39, 0.29) is 17.7 Å². The Morgan fingerprint density at radius 1 is 0.968 bits per heavy atom. The van der Waals surface area contributed by atoms with Crippen LogP contribution in [0.4, 0.5) is 0 Å². The van der Waals surface area contributed by atoms with E-state index in [1.165, 1.54) is 0 Å². The van der Waals surface area contributed by atoms with Gasteiger partial charge in [-0.05, 0) is 45.0 Å². The second-order valence-corrected chi connectivity index (χ2v) is 7.17. The van der Waals surface area contributed by atoms with Gasteiger partial charge in [0.2, 0.25) is 0 Å². The first-order chi connectivity index (χ1) is 14.9. The number of aromatic nitrogens is 4. The van der Waals surface area contributed by atoms with Crippen molar-refractivity contribution in [1.29, 1.82) is 0 Å². The SMILES string of the molecule is CCOC(=O)c1cccc(-c2ccc(C(c3c(C)[nH][nH]c3=O)c3c(C)[nH][nH]c3=O)o2)c1. The molecule has 4 rings (SSSR count). The van der Waals surface area contributed by atoms with Gasteiger partial charge < -0.3 is 19.4 Å². The van der Waals surface area contributed by atoms with Crippen LogP contribution in [0.5, 0.6) is 0 Å². The van der Waals surface area contributed by atoms with E-state index in [0.717, 1.165) is 0 Å². The molecule has 0 unspecified atom stereocenters. The molecule has 31 heavy (non-hydrogen) atoms. The molecule has 4 N–H and O–H groups in total. The van der Waals surface area contributed by atoms with Crippen LogP contribution in [0.1, 0.15) is 51.5 Å². The van der Waals surface area contributed by atoms with Crippen molar-refractivity contribution in [3.63, 3.8) is 0 Å². The zero-order chi connectivity index (χ0) is 22.1. The minimum Gasteiger partial charge on any atom is -0.462 e. The molecular weight excluding hydrogens is 400 g/mol. The average molecular weight is 422 g/mol. The second-order valence-electron chi connectivity index (χ2n) is 7.17. The molecule has 160 valence electrons. The van der Waals surface area contributed by atoms with Crippen LogP contribution >= 0.6 is 0 Å². The number of furan rings is 1. The van der Waals surface area contributed by atoms with E-state index in [2.05, 4.69) is 20.4 Å². The van der Waals surface area contributed by atoms with E-state index in [1.54, 1.807) is 51.1 Å². The maximum Gasteiger partial charge on any atom is 0.338 e. The van der Waals surface area contributed by atoms with Gasteiger partial charge in [-0.1, -0.05) is 12.1 Å². The van der Waals surface area contributed by atoms with E-state index >= 15 is 0 Å². The number of hydrogen-bond acceptors (Lipinski definition) is 5. The van der Waals surface area contributed by atoms with Crippen molar-refractivity contribution in [2.75, 3.05) is 6.61 Å². The molecule has 0 saturated carbocycles. The Hall–Kier alpha value is -4.01. The van der Waals surface area contributed by atoms with E-state index in [0.29, 0.717) is 45.2 Å². The largest absolute Gasteiger partial charge is 0.462 e. The molecule has 3 aromatic heterocycles. The lowest BCUT2D eigenvalue weighted by Crippen LogP contribution is -2.19. The highest BCUT2D eigenvalue weighted by Crippen LogP contribution is 2.34. The number of aryl methyl sites for hydroxylation is 2. The van der Waals surface area contributed by atoms with Crippen LogP contribution in [-0.2, 0) is 4.74 Å². The number of carbonyl (C=O) groups is 1. The average Bonchev–Trinajstić information content (AvgIpc) is 3.46. The van der Waals surface area contributed by atoms with E-state index in [4.69, 9.17) is 9.15 Å². The summed E-state index contributed by atoms with van der Waals surface area (Å²) in [6.45, 7) is 5.53. The lowest BCUT2D eigenvalue weighted by atomic mass is 9.89. The zero-order valence-corrected chi connectivity index (χ0v) is 17.3. The van der Waals surface area contributed by atoms with Crippen molar-refractivity contribution in [2.24, 2.45) is 0 Å². The number of ether oxygens (including phenoxy) is 1. The fraction of sp³-hybridized carbons (Fsp3) is 0.227. The highest BCUT2D eigenvalue weighted by molar-refractivity contribution is 5.90.